The SMILES string of the molecule is Nc1nc(-c2ccc(F)c(F)c2)c(C2CCCC2)s1. The van der Waals surface area contributed by atoms with Gasteiger partial charge in [-0.15, -0.1) is 11.3 Å². The van der Waals surface area contributed by atoms with Crippen molar-refractivity contribution in [2.24, 2.45) is 0 Å². The summed E-state index contributed by atoms with van der Waals surface area (Å²) >= 11 is 1.47. The maximum absolute atomic E-state index is 13.3. The van der Waals surface area contributed by atoms with Crippen LogP contribution >= 0.6 is 11.3 Å². The monoisotopic (exact) mass is 280 g/mol. The van der Waals surface area contributed by atoms with Gasteiger partial charge in [-0.05, 0) is 37.0 Å². The lowest BCUT2D eigenvalue weighted by Crippen LogP contribution is -1.93. The molecule has 100 valence electrons. The molecule has 0 radical (unpaired) electrons. The summed E-state index contributed by atoms with van der Waals surface area (Å²) in [6.45, 7) is 0. The van der Waals surface area contributed by atoms with Crippen LogP contribution < -0.4 is 5.73 Å². The molecule has 2 nitrogen and oxygen atoms in total. The largest absolute Gasteiger partial charge is 0.375 e. The number of halogens is 2. The second-order valence-corrected chi connectivity index (χ2v) is 5.94. The van der Waals surface area contributed by atoms with Gasteiger partial charge < -0.3 is 5.73 Å². The summed E-state index contributed by atoms with van der Waals surface area (Å²) in [6, 6.07) is 3.90. The molecule has 0 atom stereocenters. The summed E-state index contributed by atoms with van der Waals surface area (Å²) in [4.78, 5) is 5.42. The van der Waals surface area contributed by atoms with Crippen molar-refractivity contribution in [2.45, 2.75) is 31.6 Å². The Kier molecular flexibility index (Phi) is 3.22. The van der Waals surface area contributed by atoms with Crippen LogP contribution in [-0.4, -0.2) is 4.98 Å². The predicted molar refractivity (Wildman–Crippen MR) is 73.1 cm³/mol. The molecule has 0 spiro atoms. The molecule has 1 aromatic heterocycles. The lowest BCUT2D eigenvalue weighted by atomic mass is 10.0. The van der Waals surface area contributed by atoms with Crippen molar-refractivity contribution in [3.05, 3.63) is 34.7 Å². The lowest BCUT2D eigenvalue weighted by Gasteiger charge is -2.09. The van der Waals surface area contributed by atoms with Crippen molar-refractivity contribution in [1.29, 1.82) is 0 Å². The third-order valence-electron chi connectivity index (χ3n) is 3.59. The zero-order valence-corrected chi connectivity index (χ0v) is 11.1. The van der Waals surface area contributed by atoms with Crippen molar-refractivity contribution in [3.8, 4) is 11.3 Å². The molecule has 0 saturated heterocycles. The Bertz CT molecular complexity index is 603. The number of nitrogens with zero attached hydrogens (tertiary/aromatic N) is 1. The van der Waals surface area contributed by atoms with Crippen LogP contribution in [0.15, 0.2) is 18.2 Å². The molecule has 0 bridgehead atoms. The molecule has 1 heterocycles. The first-order valence-electron chi connectivity index (χ1n) is 6.37. The minimum Gasteiger partial charge on any atom is -0.375 e. The Morgan fingerprint density at radius 1 is 1.16 bits per heavy atom. The summed E-state index contributed by atoms with van der Waals surface area (Å²) in [6.07, 6.45) is 4.66. The Balaban J connectivity index is 2.05. The standard InChI is InChI=1S/C14H14F2N2S/c15-10-6-5-9(7-11(10)16)12-13(19-14(17)18-12)8-3-1-2-4-8/h5-8H,1-4H2,(H2,17,18). The molecular weight excluding hydrogens is 266 g/mol. The van der Waals surface area contributed by atoms with Crippen molar-refractivity contribution in [1.82, 2.24) is 4.98 Å². The van der Waals surface area contributed by atoms with E-state index in [1.165, 1.54) is 30.2 Å². The average Bonchev–Trinajstić information content (AvgIpc) is 3.01. The lowest BCUT2D eigenvalue weighted by molar-refractivity contribution is 0.509. The summed E-state index contributed by atoms with van der Waals surface area (Å²) < 4.78 is 26.4. The fraction of sp³-hybridized carbons (Fsp3) is 0.357. The number of thiazole rings is 1. The summed E-state index contributed by atoms with van der Waals surface area (Å²) in [5.74, 6) is -1.23. The van der Waals surface area contributed by atoms with Gasteiger partial charge >= 0.3 is 0 Å². The molecule has 2 aromatic rings. The summed E-state index contributed by atoms with van der Waals surface area (Å²) in [5, 5.41) is 0.488. The molecule has 0 aliphatic heterocycles. The minimum atomic E-state index is -0.846. The third-order valence-corrected chi connectivity index (χ3v) is 4.64. The molecule has 19 heavy (non-hydrogen) atoms. The molecule has 1 fully saturated rings. The van der Waals surface area contributed by atoms with Gasteiger partial charge in [0.15, 0.2) is 16.8 Å². The van der Waals surface area contributed by atoms with Crippen LogP contribution in [0.1, 0.15) is 36.5 Å². The molecule has 1 aliphatic rings. The van der Waals surface area contributed by atoms with E-state index in [0.29, 0.717) is 22.3 Å². The van der Waals surface area contributed by atoms with Crippen LogP contribution in [0.5, 0.6) is 0 Å². The zero-order chi connectivity index (χ0) is 13.4. The van der Waals surface area contributed by atoms with E-state index >= 15 is 0 Å². The van der Waals surface area contributed by atoms with E-state index in [-0.39, 0.29) is 0 Å². The average molecular weight is 280 g/mol. The van der Waals surface area contributed by atoms with Gasteiger partial charge in [0.25, 0.3) is 0 Å². The topological polar surface area (TPSA) is 38.9 Å². The molecule has 2 N–H and O–H groups in total. The highest BCUT2D eigenvalue weighted by Gasteiger charge is 2.24. The number of rotatable bonds is 2. The minimum absolute atomic E-state index is 0.456. The smallest absolute Gasteiger partial charge is 0.180 e. The van der Waals surface area contributed by atoms with E-state index in [1.54, 1.807) is 6.07 Å². The van der Waals surface area contributed by atoms with Crippen LogP contribution in [0.3, 0.4) is 0 Å². The summed E-state index contributed by atoms with van der Waals surface area (Å²) in [5.41, 5.74) is 7.11. The van der Waals surface area contributed by atoms with Gasteiger partial charge in [0.2, 0.25) is 0 Å². The molecule has 1 aromatic carbocycles. The van der Waals surface area contributed by atoms with Crippen molar-refractivity contribution in [2.75, 3.05) is 5.73 Å². The van der Waals surface area contributed by atoms with Crippen molar-refractivity contribution in [3.63, 3.8) is 0 Å². The van der Waals surface area contributed by atoms with Gasteiger partial charge in [-0.2, -0.15) is 0 Å². The second-order valence-electron chi connectivity index (χ2n) is 4.88. The van der Waals surface area contributed by atoms with E-state index in [2.05, 4.69) is 4.98 Å². The Labute approximate surface area is 114 Å². The number of anilines is 1. The number of nitrogen functional groups attached to an aromatic ring is 1. The van der Waals surface area contributed by atoms with Crippen LogP contribution in [0.25, 0.3) is 11.3 Å². The van der Waals surface area contributed by atoms with Gasteiger partial charge in [0, 0.05) is 10.4 Å². The molecule has 1 saturated carbocycles. The van der Waals surface area contributed by atoms with Gasteiger partial charge in [-0.3, -0.25) is 0 Å². The molecule has 3 rings (SSSR count). The van der Waals surface area contributed by atoms with Crippen LogP contribution in [0.2, 0.25) is 0 Å². The Morgan fingerprint density at radius 3 is 2.58 bits per heavy atom. The number of nitrogens with two attached hydrogens (primary N) is 1. The van der Waals surface area contributed by atoms with E-state index in [0.717, 1.165) is 23.8 Å². The molecular formula is C14H14F2N2S. The van der Waals surface area contributed by atoms with E-state index < -0.39 is 11.6 Å². The highest BCUT2D eigenvalue weighted by atomic mass is 32.1. The quantitative estimate of drug-likeness (QED) is 0.889. The molecule has 5 heteroatoms. The maximum Gasteiger partial charge on any atom is 0.180 e. The first kappa shape index (κ1) is 12.5. The first-order chi connectivity index (χ1) is 9.15. The fourth-order valence-corrected chi connectivity index (χ4v) is 3.69. The van der Waals surface area contributed by atoms with E-state index in [1.807, 2.05) is 0 Å². The number of hydrogen-bond donors (Lipinski definition) is 1. The first-order valence-corrected chi connectivity index (χ1v) is 7.18. The van der Waals surface area contributed by atoms with Crippen LogP contribution in [-0.2, 0) is 0 Å². The predicted octanol–water partition coefficient (Wildman–Crippen LogP) is 4.33. The molecule has 1 aliphatic carbocycles. The van der Waals surface area contributed by atoms with Crippen LogP contribution in [0.4, 0.5) is 13.9 Å². The third kappa shape index (κ3) is 2.34. The zero-order valence-electron chi connectivity index (χ0n) is 10.3. The summed E-state index contributed by atoms with van der Waals surface area (Å²) in [7, 11) is 0. The maximum atomic E-state index is 13.3. The number of benzene rings is 1. The van der Waals surface area contributed by atoms with Gasteiger partial charge in [-0.1, -0.05) is 12.8 Å². The Hall–Kier alpha value is -1.49. The van der Waals surface area contributed by atoms with Gasteiger partial charge in [-0.25, -0.2) is 13.8 Å². The molecule has 0 amide bonds. The Morgan fingerprint density at radius 2 is 1.89 bits per heavy atom. The molecule has 0 unspecified atom stereocenters. The van der Waals surface area contributed by atoms with Crippen molar-refractivity contribution < 1.29 is 8.78 Å². The number of hydrogen-bond acceptors (Lipinski definition) is 3. The van der Waals surface area contributed by atoms with Gasteiger partial charge in [0.05, 0.1) is 5.69 Å². The van der Waals surface area contributed by atoms with E-state index in [4.69, 9.17) is 5.73 Å². The normalized spacial score (nSPS) is 16.1. The highest BCUT2D eigenvalue weighted by molar-refractivity contribution is 7.15. The van der Waals surface area contributed by atoms with Crippen molar-refractivity contribution >= 4 is 16.5 Å². The second kappa shape index (κ2) is 4.89. The highest BCUT2D eigenvalue weighted by Crippen LogP contribution is 2.43. The van der Waals surface area contributed by atoms with Gasteiger partial charge in [0.1, 0.15) is 0 Å². The van der Waals surface area contributed by atoms with E-state index in [9.17, 15) is 8.78 Å². The van der Waals surface area contributed by atoms with Crippen LogP contribution in [0, 0.1) is 11.6 Å². The number of aromatic nitrogens is 1. The fourth-order valence-electron chi connectivity index (χ4n) is 2.66.